The molecule has 0 saturated carbocycles. The van der Waals surface area contributed by atoms with Crippen molar-refractivity contribution in [2.75, 3.05) is 29.0 Å². The molecule has 14 nitrogen and oxygen atoms in total. The summed E-state index contributed by atoms with van der Waals surface area (Å²) in [6, 6.07) is 7.77. The van der Waals surface area contributed by atoms with Crippen molar-refractivity contribution < 1.29 is 55.7 Å². The number of anilines is 5. The molecule has 5 heterocycles. The number of carbonyl (C=O) groups excluding carboxylic acids is 2. The Morgan fingerprint density at radius 2 is 1.60 bits per heavy atom. The van der Waals surface area contributed by atoms with Crippen molar-refractivity contribution in [2.45, 2.75) is 31.6 Å². The summed E-state index contributed by atoms with van der Waals surface area (Å²) < 4.78 is 63.5. The minimum atomic E-state index is -5.08. The Kier molecular flexibility index (Phi) is 12.5. The molecule has 2 amide bonds. The van der Waals surface area contributed by atoms with Gasteiger partial charge in [0.1, 0.15) is 5.02 Å². The van der Waals surface area contributed by atoms with E-state index in [-0.39, 0.29) is 17.7 Å². The molecular weight excluding hydrogens is 750 g/mol. The molecule has 0 radical (unpaired) electrons. The van der Waals surface area contributed by atoms with Crippen molar-refractivity contribution in [2.24, 2.45) is 5.92 Å². The largest absolute Gasteiger partial charge is 0.490 e. The van der Waals surface area contributed by atoms with E-state index >= 15 is 0 Å². The third-order valence-electron chi connectivity index (χ3n) is 6.94. The van der Waals surface area contributed by atoms with Gasteiger partial charge in [0.15, 0.2) is 10.8 Å². The maximum Gasteiger partial charge on any atom is 0.490 e. The quantitative estimate of drug-likeness (QED) is 0.153. The number of likely N-dealkylation sites (tertiary alicyclic amines) is 1. The first kappa shape index (κ1) is 39.2. The van der Waals surface area contributed by atoms with Crippen molar-refractivity contribution >= 4 is 75.5 Å². The number of nitrogens with one attached hydrogen (secondary N) is 3. The number of halogens is 7. The molecule has 0 unspecified atom stereocenters. The fraction of sp³-hybridized carbons (Fsp3) is 0.267. The number of alkyl halides is 6. The average molecular weight is 775 g/mol. The molecule has 0 aliphatic carbocycles. The Morgan fingerprint density at radius 1 is 0.923 bits per heavy atom. The maximum absolute atomic E-state index is 12.9. The van der Waals surface area contributed by atoms with Crippen LogP contribution in [0.15, 0.2) is 54.4 Å². The number of rotatable bonds is 4. The van der Waals surface area contributed by atoms with Gasteiger partial charge in [-0.15, -0.1) is 11.3 Å². The summed E-state index contributed by atoms with van der Waals surface area (Å²) in [5.74, 6) is -4.66. The number of amides is 2. The number of carboxylic acids is 2. The second-order valence-electron chi connectivity index (χ2n) is 10.9. The summed E-state index contributed by atoms with van der Waals surface area (Å²) in [7, 11) is 0. The molecule has 0 spiro atoms. The maximum atomic E-state index is 12.9. The molecule has 6 bridgehead atoms. The molecule has 22 heteroatoms. The third kappa shape index (κ3) is 11.2. The van der Waals surface area contributed by atoms with E-state index in [0.29, 0.717) is 47.7 Å². The smallest absolute Gasteiger partial charge is 0.475 e. The number of hydrogen-bond acceptors (Lipinski definition) is 11. The van der Waals surface area contributed by atoms with Crippen LogP contribution in [0.2, 0.25) is 5.02 Å². The molecule has 2 aliphatic heterocycles. The fourth-order valence-corrected chi connectivity index (χ4v) is 5.29. The van der Waals surface area contributed by atoms with Gasteiger partial charge in [-0.3, -0.25) is 14.6 Å². The Morgan fingerprint density at radius 3 is 2.21 bits per heavy atom. The molecular formula is C30H25ClF6N8O6S. The van der Waals surface area contributed by atoms with Gasteiger partial charge < -0.3 is 31.1 Å². The average Bonchev–Trinajstić information content (AvgIpc) is 3.59. The number of thiazole rings is 1. The monoisotopic (exact) mass is 774 g/mol. The lowest BCUT2D eigenvalue weighted by Crippen LogP contribution is -2.50. The van der Waals surface area contributed by atoms with Gasteiger partial charge in [-0.05, 0) is 48.2 Å². The number of hydrogen-bond donors (Lipinski definition) is 5. The van der Waals surface area contributed by atoms with Crippen molar-refractivity contribution in [3.8, 4) is 0 Å². The molecule has 0 atom stereocenters. The van der Waals surface area contributed by atoms with Gasteiger partial charge in [-0.25, -0.2) is 19.6 Å². The summed E-state index contributed by atoms with van der Waals surface area (Å²) in [4.78, 5) is 62.0. The van der Waals surface area contributed by atoms with Crippen molar-refractivity contribution in [3.63, 3.8) is 0 Å². The molecule has 3 aromatic heterocycles. The molecule has 4 aromatic rings. The van der Waals surface area contributed by atoms with Gasteiger partial charge >= 0.3 is 24.3 Å². The lowest BCUT2D eigenvalue weighted by molar-refractivity contribution is -0.193. The zero-order valence-corrected chi connectivity index (χ0v) is 27.7. The van der Waals surface area contributed by atoms with Crippen LogP contribution in [0.4, 0.5) is 55.2 Å². The third-order valence-corrected chi connectivity index (χ3v) is 7.98. The molecule has 276 valence electrons. The van der Waals surface area contributed by atoms with E-state index in [9.17, 15) is 35.9 Å². The van der Waals surface area contributed by atoms with Crippen molar-refractivity contribution in [3.05, 3.63) is 75.6 Å². The highest BCUT2D eigenvalue weighted by Crippen LogP contribution is 2.30. The highest BCUT2D eigenvalue weighted by Gasteiger charge is 2.39. The lowest BCUT2D eigenvalue weighted by Gasteiger charge is -2.38. The molecule has 2 aliphatic rings. The first-order chi connectivity index (χ1) is 24.4. The van der Waals surface area contributed by atoms with Crippen LogP contribution in [-0.4, -0.2) is 84.2 Å². The molecule has 1 fully saturated rings. The number of pyridine rings is 1. The number of fused-ring (bicyclic) bond motifs is 6. The van der Waals surface area contributed by atoms with Crippen molar-refractivity contribution in [1.82, 2.24) is 24.8 Å². The topological polar surface area (TPSA) is 200 Å². The molecule has 52 heavy (non-hydrogen) atoms. The van der Waals surface area contributed by atoms with Crippen LogP contribution in [0.1, 0.15) is 27.3 Å². The van der Waals surface area contributed by atoms with Crippen LogP contribution in [0.25, 0.3) is 0 Å². The van der Waals surface area contributed by atoms with E-state index in [1.165, 1.54) is 17.5 Å². The predicted molar refractivity (Wildman–Crippen MR) is 174 cm³/mol. The molecule has 1 aromatic carbocycles. The summed E-state index contributed by atoms with van der Waals surface area (Å²) in [5.41, 5.74) is 4.34. The molecule has 1 saturated heterocycles. The summed E-state index contributed by atoms with van der Waals surface area (Å²) in [6.45, 7) is 1.11. The Balaban J connectivity index is 0.000000367. The summed E-state index contributed by atoms with van der Waals surface area (Å²) in [5, 5.41) is 26.4. The number of aryl methyl sites for hydroxylation is 2. The van der Waals surface area contributed by atoms with E-state index in [1.54, 1.807) is 22.7 Å². The first-order valence-electron chi connectivity index (χ1n) is 14.6. The number of benzene rings is 1. The van der Waals surface area contributed by atoms with Crippen LogP contribution in [0.5, 0.6) is 0 Å². The van der Waals surface area contributed by atoms with E-state index in [2.05, 4.69) is 35.9 Å². The standard InChI is InChI=1S/C26H23ClN8O2S.2C2HF3O2/c27-20-12-30-26-32-19-7-15(10-28-11-19)1-2-17-9-18(31-23(20)34-26)3-4-21(17)33-22(36)8-16-13-35(14-16)25(37)24-29-5-6-38-24;2*3-2(4,5)1(6)7/h3-7,9-12,16H,1-2,8,13-14H2,(H,33,36)(H2,30,31,32,34);2*(H,6,7). The van der Waals surface area contributed by atoms with E-state index in [1.807, 2.05) is 30.5 Å². The zero-order valence-electron chi connectivity index (χ0n) is 26.1. The van der Waals surface area contributed by atoms with E-state index in [4.69, 9.17) is 31.4 Å². The number of aliphatic carboxylic acids is 2. The van der Waals surface area contributed by atoms with Crippen LogP contribution >= 0.6 is 22.9 Å². The number of nitrogens with zero attached hydrogens (tertiary/aromatic N) is 5. The normalized spacial score (nSPS) is 13.7. The van der Waals surface area contributed by atoms with Crippen LogP contribution in [-0.2, 0) is 27.2 Å². The highest BCUT2D eigenvalue weighted by atomic mass is 35.5. The predicted octanol–water partition coefficient (Wildman–Crippen LogP) is 5.93. The molecule has 6 rings (SSSR count). The minimum absolute atomic E-state index is 0.0735. The second kappa shape index (κ2) is 16.6. The fourth-order valence-electron chi connectivity index (χ4n) is 4.55. The van der Waals surface area contributed by atoms with Gasteiger partial charge in [-0.2, -0.15) is 31.3 Å². The summed E-state index contributed by atoms with van der Waals surface area (Å²) in [6.07, 6.45) is -1.70. The number of carbonyl (C=O) groups is 4. The minimum Gasteiger partial charge on any atom is -0.475 e. The van der Waals surface area contributed by atoms with E-state index in [0.717, 1.165) is 34.6 Å². The molecule has 5 N–H and O–H groups in total. The SMILES string of the molecule is O=C(CC1CN(C(=O)c2nccs2)C1)Nc1ccc2cc1CCc1cncc(c1)Nc1ncc(Cl)c(n1)N2.O=C(O)C(F)(F)F.O=C(O)C(F)(F)F. The van der Waals surface area contributed by atoms with Gasteiger partial charge in [0.25, 0.3) is 5.91 Å². The van der Waals surface area contributed by atoms with Crippen LogP contribution < -0.4 is 16.0 Å². The van der Waals surface area contributed by atoms with Gasteiger partial charge in [-0.1, -0.05) is 11.6 Å². The van der Waals surface area contributed by atoms with Crippen LogP contribution in [0, 0.1) is 5.92 Å². The van der Waals surface area contributed by atoms with Gasteiger partial charge in [0, 0.05) is 54.6 Å². The van der Waals surface area contributed by atoms with Crippen LogP contribution in [0.3, 0.4) is 0 Å². The Bertz CT molecular complexity index is 1900. The summed E-state index contributed by atoms with van der Waals surface area (Å²) >= 11 is 7.67. The zero-order chi connectivity index (χ0) is 38.2. The second-order valence-corrected chi connectivity index (χ2v) is 12.2. The van der Waals surface area contributed by atoms with Crippen molar-refractivity contribution in [1.29, 1.82) is 0 Å². The Hall–Kier alpha value is -5.57. The van der Waals surface area contributed by atoms with Gasteiger partial charge in [0.2, 0.25) is 11.9 Å². The van der Waals surface area contributed by atoms with Gasteiger partial charge in [0.05, 0.1) is 18.1 Å². The number of aromatic nitrogens is 4. The van der Waals surface area contributed by atoms with E-state index < -0.39 is 24.3 Å². The number of carboxylic acid groups (broad SMARTS) is 2. The Labute approximate surface area is 297 Å². The highest BCUT2D eigenvalue weighted by molar-refractivity contribution is 7.11. The lowest BCUT2D eigenvalue weighted by atomic mass is 9.95. The first-order valence-corrected chi connectivity index (χ1v) is 15.9.